The molecular weight excluding hydrogens is 283 g/mol. The lowest BCUT2D eigenvalue weighted by Crippen LogP contribution is -2.24. The summed E-state index contributed by atoms with van der Waals surface area (Å²) in [4.78, 5) is 6.62. The van der Waals surface area contributed by atoms with E-state index in [9.17, 15) is 9.50 Å². The first-order valence-electron chi connectivity index (χ1n) is 7.24. The molecule has 1 aliphatic heterocycles. The number of aliphatic hydroxyl groups is 1. The van der Waals surface area contributed by atoms with Gasteiger partial charge >= 0.3 is 0 Å². The van der Waals surface area contributed by atoms with Crippen LogP contribution in [0, 0.1) is 5.82 Å². The topological polar surface area (TPSA) is 53.7 Å². The smallest absolute Gasteiger partial charge is 0.157 e. The summed E-state index contributed by atoms with van der Waals surface area (Å²) >= 11 is 0. The van der Waals surface area contributed by atoms with Gasteiger partial charge in [0.1, 0.15) is 11.6 Å². The van der Waals surface area contributed by atoms with E-state index >= 15 is 0 Å². The Balaban J connectivity index is 1.87. The van der Waals surface area contributed by atoms with E-state index in [1.54, 1.807) is 16.8 Å². The van der Waals surface area contributed by atoms with E-state index in [-0.39, 0.29) is 11.9 Å². The largest absolute Gasteiger partial charge is 0.391 e. The highest BCUT2D eigenvalue weighted by Crippen LogP contribution is 2.27. The maximum atomic E-state index is 13.5. The van der Waals surface area contributed by atoms with Crippen molar-refractivity contribution in [2.45, 2.75) is 12.5 Å². The van der Waals surface area contributed by atoms with Crippen LogP contribution in [0.2, 0.25) is 0 Å². The van der Waals surface area contributed by atoms with E-state index in [1.165, 1.54) is 12.1 Å². The minimum absolute atomic E-state index is 0.286. The van der Waals surface area contributed by atoms with Crippen LogP contribution in [0.5, 0.6) is 0 Å². The van der Waals surface area contributed by atoms with E-state index in [0.717, 1.165) is 24.3 Å². The second-order valence-corrected chi connectivity index (χ2v) is 5.50. The van der Waals surface area contributed by atoms with Crippen molar-refractivity contribution in [2.24, 2.45) is 0 Å². The zero-order valence-electron chi connectivity index (χ0n) is 11.9. The quantitative estimate of drug-likeness (QED) is 0.787. The molecule has 0 amide bonds. The van der Waals surface area contributed by atoms with Crippen molar-refractivity contribution in [1.82, 2.24) is 14.6 Å². The summed E-state index contributed by atoms with van der Waals surface area (Å²) in [6, 6.07) is 10.1. The maximum absolute atomic E-state index is 13.5. The number of benzene rings is 1. The number of aromatic nitrogens is 3. The molecule has 0 radical (unpaired) electrons. The van der Waals surface area contributed by atoms with Crippen LogP contribution in [0.3, 0.4) is 0 Å². The van der Waals surface area contributed by atoms with Crippen molar-refractivity contribution < 1.29 is 9.50 Å². The highest BCUT2D eigenvalue weighted by molar-refractivity contribution is 5.67. The third-order valence-electron chi connectivity index (χ3n) is 3.95. The molecule has 1 N–H and O–H groups in total. The highest BCUT2D eigenvalue weighted by Gasteiger charge is 2.23. The van der Waals surface area contributed by atoms with Gasteiger partial charge in [0, 0.05) is 30.8 Å². The van der Waals surface area contributed by atoms with Gasteiger partial charge in [0.05, 0.1) is 18.0 Å². The average Bonchev–Trinajstić information content (AvgIpc) is 3.14. The van der Waals surface area contributed by atoms with Crippen LogP contribution >= 0.6 is 0 Å². The van der Waals surface area contributed by atoms with Crippen molar-refractivity contribution in [3.05, 3.63) is 48.4 Å². The number of nitrogens with zero attached hydrogens (tertiary/aromatic N) is 4. The Bertz CT molecular complexity index is 832. The Kier molecular flexibility index (Phi) is 3.04. The van der Waals surface area contributed by atoms with Crippen LogP contribution in [0.4, 0.5) is 10.2 Å². The fraction of sp³-hybridized carbons (Fsp3) is 0.250. The second-order valence-electron chi connectivity index (χ2n) is 5.50. The molecule has 5 nitrogen and oxygen atoms in total. The summed E-state index contributed by atoms with van der Waals surface area (Å²) in [6.45, 7) is 1.34. The van der Waals surface area contributed by atoms with Crippen LogP contribution < -0.4 is 4.90 Å². The maximum Gasteiger partial charge on any atom is 0.157 e. The molecule has 0 spiro atoms. The standard InChI is InChI=1S/C16H15FN4O/c17-12-3-1-2-11(8-12)14-9-16(20-7-5-13(22)10-20)21-15(19-14)4-6-18-21/h1-4,6,8-9,13,22H,5,7,10H2. The predicted octanol–water partition coefficient (Wildman–Crippen LogP) is 2.11. The molecule has 1 atom stereocenters. The Morgan fingerprint density at radius 1 is 1.23 bits per heavy atom. The Hall–Kier alpha value is -2.47. The lowest BCUT2D eigenvalue weighted by atomic mass is 10.1. The van der Waals surface area contributed by atoms with Crippen LogP contribution in [0.15, 0.2) is 42.6 Å². The van der Waals surface area contributed by atoms with E-state index in [4.69, 9.17) is 0 Å². The lowest BCUT2D eigenvalue weighted by molar-refractivity contribution is 0.198. The van der Waals surface area contributed by atoms with Gasteiger partial charge < -0.3 is 10.0 Å². The van der Waals surface area contributed by atoms with Gasteiger partial charge in [-0.25, -0.2) is 9.37 Å². The van der Waals surface area contributed by atoms with Crippen LogP contribution in [-0.4, -0.2) is 38.9 Å². The van der Waals surface area contributed by atoms with E-state index in [1.807, 2.05) is 18.2 Å². The molecule has 0 aliphatic carbocycles. The molecule has 0 saturated carbocycles. The van der Waals surface area contributed by atoms with Crippen LogP contribution in [0.1, 0.15) is 6.42 Å². The molecule has 22 heavy (non-hydrogen) atoms. The number of anilines is 1. The van der Waals surface area contributed by atoms with Crippen molar-refractivity contribution in [2.75, 3.05) is 18.0 Å². The van der Waals surface area contributed by atoms with Crippen molar-refractivity contribution in [3.63, 3.8) is 0 Å². The number of fused-ring (bicyclic) bond motifs is 1. The molecule has 3 aromatic rings. The summed E-state index contributed by atoms with van der Waals surface area (Å²) in [5.41, 5.74) is 2.13. The molecule has 0 bridgehead atoms. The summed E-state index contributed by atoms with van der Waals surface area (Å²) in [6.07, 6.45) is 2.10. The monoisotopic (exact) mass is 298 g/mol. The van der Waals surface area contributed by atoms with E-state index in [2.05, 4.69) is 15.0 Å². The zero-order chi connectivity index (χ0) is 15.1. The summed E-state index contributed by atoms with van der Waals surface area (Å²) in [7, 11) is 0. The highest BCUT2D eigenvalue weighted by atomic mass is 19.1. The minimum atomic E-state index is -0.323. The van der Waals surface area contributed by atoms with Gasteiger partial charge in [-0.1, -0.05) is 12.1 Å². The molecule has 1 fully saturated rings. The van der Waals surface area contributed by atoms with Gasteiger partial charge in [-0.2, -0.15) is 9.61 Å². The first-order chi connectivity index (χ1) is 10.7. The molecule has 1 aliphatic rings. The first-order valence-corrected chi connectivity index (χ1v) is 7.24. The summed E-state index contributed by atoms with van der Waals surface area (Å²) < 4.78 is 15.2. The second kappa shape index (κ2) is 5.06. The number of hydrogen-bond donors (Lipinski definition) is 1. The lowest BCUT2D eigenvalue weighted by Gasteiger charge is -2.19. The van der Waals surface area contributed by atoms with Crippen LogP contribution in [-0.2, 0) is 0 Å². The number of rotatable bonds is 2. The summed E-state index contributed by atoms with van der Waals surface area (Å²) in [5, 5.41) is 14.1. The molecule has 3 heterocycles. The number of halogens is 1. The molecular formula is C16H15FN4O. The molecule has 1 aromatic carbocycles. The number of hydrogen-bond acceptors (Lipinski definition) is 4. The van der Waals surface area contributed by atoms with Gasteiger partial charge in [0.2, 0.25) is 0 Å². The van der Waals surface area contributed by atoms with E-state index in [0.29, 0.717) is 17.9 Å². The Labute approximate surface area is 126 Å². The van der Waals surface area contributed by atoms with Crippen LogP contribution in [0.25, 0.3) is 16.9 Å². The Morgan fingerprint density at radius 2 is 2.14 bits per heavy atom. The van der Waals surface area contributed by atoms with E-state index < -0.39 is 0 Å². The molecule has 1 saturated heterocycles. The fourth-order valence-corrected chi connectivity index (χ4v) is 2.87. The summed E-state index contributed by atoms with van der Waals surface area (Å²) in [5.74, 6) is 0.580. The molecule has 4 rings (SSSR count). The first kappa shape index (κ1) is 13.2. The predicted molar refractivity (Wildman–Crippen MR) is 81.2 cm³/mol. The van der Waals surface area contributed by atoms with Gasteiger partial charge in [-0.05, 0) is 18.6 Å². The number of β-amino-alcohol motifs (C(OH)–C–C–N with tert-alkyl or cyclic N) is 1. The fourth-order valence-electron chi connectivity index (χ4n) is 2.87. The van der Waals surface area contributed by atoms with Gasteiger partial charge in [0.15, 0.2) is 5.65 Å². The van der Waals surface area contributed by atoms with Crippen molar-refractivity contribution in [3.8, 4) is 11.3 Å². The number of aliphatic hydroxyl groups excluding tert-OH is 1. The van der Waals surface area contributed by atoms with Gasteiger partial charge in [-0.15, -0.1) is 0 Å². The van der Waals surface area contributed by atoms with Gasteiger partial charge in [0.25, 0.3) is 0 Å². The molecule has 2 aromatic heterocycles. The van der Waals surface area contributed by atoms with Crippen molar-refractivity contribution >= 4 is 11.5 Å². The zero-order valence-corrected chi connectivity index (χ0v) is 11.9. The van der Waals surface area contributed by atoms with Gasteiger partial charge in [-0.3, -0.25) is 0 Å². The third-order valence-corrected chi connectivity index (χ3v) is 3.95. The molecule has 112 valence electrons. The van der Waals surface area contributed by atoms with Crippen molar-refractivity contribution in [1.29, 1.82) is 0 Å². The third kappa shape index (κ3) is 2.21. The SMILES string of the molecule is OC1CCN(c2cc(-c3cccc(F)c3)nc3ccnn23)C1. The molecule has 6 heteroatoms. The average molecular weight is 298 g/mol. The minimum Gasteiger partial charge on any atom is -0.391 e. The normalized spacial score (nSPS) is 18.3. The Morgan fingerprint density at radius 3 is 2.91 bits per heavy atom. The molecule has 1 unspecified atom stereocenters.